The Morgan fingerprint density at radius 3 is 2.52 bits per heavy atom. The van der Waals surface area contributed by atoms with E-state index in [1.807, 2.05) is 13.0 Å². The number of hydrogen-bond donors (Lipinski definition) is 0. The third-order valence-electron chi connectivity index (χ3n) is 4.08. The molecule has 0 aliphatic carbocycles. The average molecular weight is 366 g/mol. The van der Waals surface area contributed by atoms with Crippen LogP contribution < -0.4 is 4.74 Å². The van der Waals surface area contributed by atoms with Crippen molar-refractivity contribution in [2.45, 2.75) is 11.8 Å². The molecule has 25 heavy (non-hydrogen) atoms. The fourth-order valence-electron chi connectivity index (χ4n) is 2.62. The van der Waals surface area contributed by atoms with E-state index >= 15 is 0 Å². The van der Waals surface area contributed by atoms with Crippen molar-refractivity contribution in [2.24, 2.45) is 7.05 Å². The molecule has 9 nitrogen and oxygen atoms in total. The van der Waals surface area contributed by atoms with Gasteiger partial charge in [-0.3, -0.25) is 9.58 Å². The highest BCUT2D eigenvalue weighted by Gasteiger charge is 2.29. The number of aryl methyl sites for hydroxylation is 2. The Hall–Kier alpha value is -2.04. The monoisotopic (exact) mass is 366 g/mol. The summed E-state index contributed by atoms with van der Waals surface area (Å²) in [5.74, 6) is 0.503. The van der Waals surface area contributed by atoms with Gasteiger partial charge in [0.2, 0.25) is 15.9 Å². The van der Waals surface area contributed by atoms with Gasteiger partial charge >= 0.3 is 0 Å². The molecule has 2 aromatic heterocycles. The van der Waals surface area contributed by atoms with Gasteiger partial charge in [-0.15, -0.1) is 5.10 Å². The van der Waals surface area contributed by atoms with Gasteiger partial charge in [-0.1, -0.05) is 0 Å². The van der Waals surface area contributed by atoms with Gasteiger partial charge in [0.15, 0.2) is 0 Å². The summed E-state index contributed by atoms with van der Waals surface area (Å²) in [5, 5.41) is 11.8. The smallest absolute Gasteiger partial charge is 0.246 e. The van der Waals surface area contributed by atoms with E-state index in [1.54, 1.807) is 13.1 Å². The molecule has 0 N–H and O–H groups in total. The van der Waals surface area contributed by atoms with Crippen molar-refractivity contribution in [3.8, 4) is 5.88 Å². The van der Waals surface area contributed by atoms with Gasteiger partial charge in [-0.25, -0.2) is 8.42 Å². The van der Waals surface area contributed by atoms with Crippen molar-refractivity contribution in [3.63, 3.8) is 0 Å². The molecule has 0 bridgehead atoms. The molecule has 0 spiro atoms. The lowest BCUT2D eigenvalue weighted by atomic mass is 10.3. The lowest BCUT2D eigenvalue weighted by Crippen LogP contribution is -2.49. The number of hydrogen-bond acceptors (Lipinski definition) is 7. The molecule has 1 aliphatic rings. The second-order valence-electron chi connectivity index (χ2n) is 5.96. The molecule has 10 heteroatoms. The van der Waals surface area contributed by atoms with Crippen LogP contribution in [-0.2, 0) is 17.1 Å². The molecule has 1 fully saturated rings. The third kappa shape index (κ3) is 4.33. The highest BCUT2D eigenvalue weighted by atomic mass is 32.2. The van der Waals surface area contributed by atoms with Crippen LogP contribution in [0.5, 0.6) is 5.88 Å². The summed E-state index contributed by atoms with van der Waals surface area (Å²) in [7, 11) is -1.75. The normalized spacial score (nSPS) is 16.9. The summed E-state index contributed by atoms with van der Waals surface area (Å²) in [6, 6.07) is 3.64. The Labute approximate surface area is 147 Å². The Morgan fingerprint density at radius 1 is 1.16 bits per heavy atom. The first-order valence-electron chi connectivity index (χ1n) is 8.09. The summed E-state index contributed by atoms with van der Waals surface area (Å²) >= 11 is 0. The first-order chi connectivity index (χ1) is 11.9. The third-order valence-corrected chi connectivity index (χ3v) is 5.93. The van der Waals surface area contributed by atoms with Gasteiger partial charge in [0.05, 0.1) is 11.9 Å². The lowest BCUT2D eigenvalue weighted by molar-refractivity contribution is 0.156. The molecular formula is C15H22N6O3S. The zero-order chi connectivity index (χ0) is 17.9. The van der Waals surface area contributed by atoms with Crippen LogP contribution in [0.4, 0.5) is 0 Å². The van der Waals surface area contributed by atoms with Gasteiger partial charge < -0.3 is 4.74 Å². The molecule has 0 aromatic carbocycles. The predicted octanol–water partition coefficient (Wildman–Crippen LogP) is -0.0962. The molecule has 1 aliphatic heterocycles. The zero-order valence-electron chi connectivity index (χ0n) is 14.4. The van der Waals surface area contributed by atoms with Gasteiger partial charge in [0, 0.05) is 52.0 Å². The van der Waals surface area contributed by atoms with Gasteiger partial charge in [-0.2, -0.15) is 14.5 Å². The SMILES string of the molecule is Cc1ccc(OCCN2CCN(S(=O)(=O)c3cnn(C)c3)CC2)nn1. The lowest BCUT2D eigenvalue weighted by Gasteiger charge is -2.33. The van der Waals surface area contributed by atoms with Crippen LogP contribution in [0, 0.1) is 6.92 Å². The number of nitrogens with zero attached hydrogens (tertiary/aromatic N) is 6. The molecule has 0 atom stereocenters. The minimum Gasteiger partial charge on any atom is -0.475 e. The predicted molar refractivity (Wildman–Crippen MR) is 90.7 cm³/mol. The van der Waals surface area contributed by atoms with E-state index in [2.05, 4.69) is 20.2 Å². The van der Waals surface area contributed by atoms with E-state index < -0.39 is 10.0 Å². The molecule has 1 saturated heterocycles. The Morgan fingerprint density at radius 2 is 1.92 bits per heavy atom. The van der Waals surface area contributed by atoms with E-state index in [1.165, 1.54) is 21.4 Å². The Bertz CT molecular complexity index is 797. The number of piperazine rings is 1. The molecule has 0 saturated carbocycles. The molecule has 3 heterocycles. The summed E-state index contributed by atoms with van der Waals surface area (Å²) in [6.45, 7) is 5.34. The highest BCUT2D eigenvalue weighted by molar-refractivity contribution is 7.89. The van der Waals surface area contributed by atoms with Crippen molar-refractivity contribution < 1.29 is 13.2 Å². The van der Waals surface area contributed by atoms with Crippen molar-refractivity contribution in [3.05, 3.63) is 30.2 Å². The maximum atomic E-state index is 12.5. The van der Waals surface area contributed by atoms with E-state index in [0.29, 0.717) is 38.7 Å². The molecule has 0 amide bonds. The zero-order valence-corrected chi connectivity index (χ0v) is 15.2. The van der Waals surface area contributed by atoms with Crippen molar-refractivity contribution in [1.29, 1.82) is 0 Å². The second-order valence-corrected chi connectivity index (χ2v) is 7.89. The summed E-state index contributed by atoms with van der Waals surface area (Å²) in [5.41, 5.74) is 0.846. The number of rotatable bonds is 6. The molecule has 2 aromatic rings. The van der Waals surface area contributed by atoms with Gasteiger partial charge in [0.1, 0.15) is 11.5 Å². The molecule has 0 radical (unpaired) electrons. The second kappa shape index (κ2) is 7.46. The highest BCUT2D eigenvalue weighted by Crippen LogP contribution is 2.16. The minimum absolute atomic E-state index is 0.240. The molecule has 3 rings (SSSR count). The van der Waals surface area contributed by atoms with E-state index in [9.17, 15) is 8.42 Å². The average Bonchev–Trinajstić information content (AvgIpc) is 3.04. The number of sulfonamides is 1. The minimum atomic E-state index is -3.46. The van der Waals surface area contributed by atoms with Crippen LogP contribution in [0.25, 0.3) is 0 Å². The van der Waals surface area contributed by atoms with Crippen molar-refractivity contribution in [2.75, 3.05) is 39.3 Å². The van der Waals surface area contributed by atoms with Crippen molar-refractivity contribution in [1.82, 2.24) is 29.2 Å². The van der Waals surface area contributed by atoms with E-state index in [4.69, 9.17) is 4.74 Å². The van der Waals surface area contributed by atoms with Crippen LogP contribution in [0.1, 0.15) is 5.69 Å². The van der Waals surface area contributed by atoms with Gasteiger partial charge in [0.25, 0.3) is 0 Å². The Balaban J connectivity index is 1.46. The summed E-state index contributed by atoms with van der Waals surface area (Å²) < 4.78 is 33.7. The fraction of sp³-hybridized carbons (Fsp3) is 0.533. The van der Waals surface area contributed by atoms with E-state index in [0.717, 1.165) is 12.2 Å². The standard InChI is InChI=1S/C15H22N6O3S/c1-13-3-4-15(18-17-13)24-10-9-20-5-7-21(8-6-20)25(22,23)14-11-16-19(2)12-14/h3-4,11-12H,5-10H2,1-2H3. The Kier molecular flexibility index (Phi) is 5.30. The van der Waals surface area contributed by atoms with Gasteiger partial charge in [-0.05, 0) is 13.0 Å². The topological polar surface area (TPSA) is 93.5 Å². The van der Waals surface area contributed by atoms with E-state index in [-0.39, 0.29) is 4.90 Å². The largest absolute Gasteiger partial charge is 0.475 e. The first-order valence-corrected chi connectivity index (χ1v) is 9.53. The van der Waals surface area contributed by atoms with Crippen LogP contribution in [0.2, 0.25) is 0 Å². The molecule has 136 valence electrons. The van der Waals surface area contributed by atoms with Crippen LogP contribution in [-0.4, -0.2) is 76.9 Å². The number of aromatic nitrogens is 4. The van der Waals surface area contributed by atoms with Crippen LogP contribution >= 0.6 is 0 Å². The van der Waals surface area contributed by atoms with Crippen LogP contribution in [0.3, 0.4) is 0 Å². The fourth-order valence-corrected chi connectivity index (χ4v) is 4.03. The maximum absolute atomic E-state index is 12.5. The van der Waals surface area contributed by atoms with Crippen LogP contribution in [0.15, 0.2) is 29.4 Å². The summed E-state index contributed by atoms with van der Waals surface area (Å²) in [4.78, 5) is 2.42. The quantitative estimate of drug-likeness (QED) is 0.705. The molecular weight excluding hydrogens is 344 g/mol. The first kappa shape index (κ1) is 17.8. The molecule has 0 unspecified atom stereocenters. The number of ether oxygens (including phenoxy) is 1. The maximum Gasteiger partial charge on any atom is 0.246 e. The summed E-state index contributed by atoms with van der Waals surface area (Å²) in [6.07, 6.45) is 2.91. The van der Waals surface area contributed by atoms with Crippen molar-refractivity contribution >= 4 is 10.0 Å².